The van der Waals surface area contributed by atoms with Gasteiger partial charge in [-0.05, 0) is 43.9 Å². The fraction of sp³-hybridized carbons (Fsp3) is 0.533. The SMILES string of the molecule is O=C1c2ccccc2CCN1CCCNC1CC1. The summed E-state index contributed by atoms with van der Waals surface area (Å²) in [5.74, 6) is 0.211. The van der Waals surface area contributed by atoms with Crippen LogP contribution in [0.4, 0.5) is 0 Å². The number of carbonyl (C=O) groups excluding carboxylic acids is 1. The molecule has 1 aliphatic heterocycles. The van der Waals surface area contributed by atoms with E-state index >= 15 is 0 Å². The van der Waals surface area contributed by atoms with Crippen LogP contribution in [-0.2, 0) is 6.42 Å². The Morgan fingerprint density at radius 2 is 2.11 bits per heavy atom. The van der Waals surface area contributed by atoms with E-state index in [1.807, 2.05) is 23.1 Å². The summed E-state index contributed by atoms with van der Waals surface area (Å²) in [6, 6.07) is 8.75. The van der Waals surface area contributed by atoms with Gasteiger partial charge in [-0.3, -0.25) is 4.79 Å². The van der Waals surface area contributed by atoms with Crippen molar-refractivity contribution in [1.29, 1.82) is 0 Å². The molecule has 0 saturated heterocycles. The summed E-state index contributed by atoms with van der Waals surface area (Å²) in [4.78, 5) is 14.3. The van der Waals surface area contributed by atoms with Crippen LogP contribution in [0.5, 0.6) is 0 Å². The Balaban J connectivity index is 1.53. The number of hydrogen-bond acceptors (Lipinski definition) is 2. The zero-order valence-electron chi connectivity index (χ0n) is 10.7. The first-order valence-corrected chi connectivity index (χ1v) is 6.95. The predicted octanol–water partition coefficient (Wildman–Crippen LogP) is 1.83. The smallest absolute Gasteiger partial charge is 0.254 e. The first-order valence-electron chi connectivity index (χ1n) is 6.95. The summed E-state index contributed by atoms with van der Waals surface area (Å²) in [7, 11) is 0. The minimum Gasteiger partial charge on any atom is -0.338 e. The third-order valence-electron chi connectivity index (χ3n) is 3.80. The molecule has 2 aliphatic rings. The largest absolute Gasteiger partial charge is 0.338 e. The highest BCUT2D eigenvalue weighted by molar-refractivity contribution is 5.96. The molecule has 18 heavy (non-hydrogen) atoms. The molecule has 3 rings (SSSR count). The van der Waals surface area contributed by atoms with Gasteiger partial charge in [0, 0.05) is 24.7 Å². The van der Waals surface area contributed by atoms with Gasteiger partial charge >= 0.3 is 0 Å². The van der Waals surface area contributed by atoms with Gasteiger partial charge < -0.3 is 10.2 Å². The van der Waals surface area contributed by atoms with E-state index in [1.165, 1.54) is 18.4 Å². The molecule has 0 spiro atoms. The molecule has 0 unspecified atom stereocenters. The van der Waals surface area contributed by atoms with Gasteiger partial charge in [0.05, 0.1) is 0 Å². The minimum atomic E-state index is 0.211. The molecule has 1 aliphatic carbocycles. The van der Waals surface area contributed by atoms with Gasteiger partial charge in [0.1, 0.15) is 0 Å². The van der Waals surface area contributed by atoms with Crippen molar-refractivity contribution in [3.05, 3.63) is 35.4 Å². The van der Waals surface area contributed by atoms with Crippen LogP contribution in [-0.4, -0.2) is 36.5 Å². The molecular weight excluding hydrogens is 224 g/mol. The molecular formula is C15H20N2O. The van der Waals surface area contributed by atoms with Crippen molar-refractivity contribution in [2.45, 2.75) is 31.7 Å². The number of fused-ring (bicyclic) bond motifs is 1. The maximum atomic E-state index is 12.3. The molecule has 1 amide bonds. The van der Waals surface area contributed by atoms with Crippen LogP contribution < -0.4 is 5.32 Å². The highest BCUT2D eigenvalue weighted by Gasteiger charge is 2.23. The fourth-order valence-corrected chi connectivity index (χ4v) is 2.55. The summed E-state index contributed by atoms with van der Waals surface area (Å²) < 4.78 is 0. The quantitative estimate of drug-likeness (QED) is 0.801. The first-order chi connectivity index (χ1) is 8.84. The van der Waals surface area contributed by atoms with Crippen molar-refractivity contribution in [3.8, 4) is 0 Å². The van der Waals surface area contributed by atoms with Gasteiger partial charge in [0.15, 0.2) is 0 Å². The third kappa shape index (κ3) is 2.56. The molecule has 1 heterocycles. The van der Waals surface area contributed by atoms with Gasteiger partial charge in [-0.25, -0.2) is 0 Å². The van der Waals surface area contributed by atoms with E-state index in [0.717, 1.165) is 44.1 Å². The zero-order chi connectivity index (χ0) is 12.4. The second-order valence-electron chi connectivity index (χ2n) is 5.28. The summed E-state index contributed by atoms with van der Waals surface area (Å²) in [6.45, 7) is 2.79. The lowest BCUT2D eigenvalue weighted by Crippen LogP contribution is -2.39. The van der Waals surface area contributed by atoms with Crippen molar-refractivity contribution in [3.63, 3.8) is 0 Å². The van der Waals surface area contributed by atoms with Gasteiger partial charge in [0.25, 0.3) is 5.91 Å². The van der Waals surface area contributed by atoms with Gasteiger partial charge in [-0.15, -0.1) is 0 Å². The lowest BCUT2D eigenvalue weighted by molar-refractivity contribution is 0.0738. The van der Waals surface area contributed by atoms with E-state index < -0.39 is 0 Å². The van der Waals surface area contributed by atoms with Crippen molar-refractivity contribution in [2.75, 3.05) is 19.6 Å². The second kappa shape index (κ2) is 5.11. The third-order valence-corrected chi connectivity index (χ3v) is 3.80. The Hall–Kier alpha value is -1.35. The van der Waals surface area contributed by atoms with Crippen LogP contribution >= 0.6 is 0 Å². The van der Waals surface area contributed by atoms with Crippen molar-refractivity contribution in [1.82, 2.24) is 10.2 Å². The molecule has 3 nitrogen and oxygen atoms in total. The topological polar surface area (TPSA) is 32.3 Å². The highest BCUT2D eigenvalue weighted by Crippen LogP contribution is 2.19. The van der Waals surface area contributed by atoms with E-state index in [9.17, 15) is 4.79 Å². The van der Waals surface area contributed by atoms with Crippen LogP contribution in [0.25, 0.3) is 0 Å². The summed E-state index contributed by atoms with van der Waals surface area (Å²) in [5.41, 5.74) is 2.11. The lowest BCUT2D eigenvalue weighted by atomic mass is 9.99. The molecule has 96 valence electrons. The van der Waals surface area contributed by atoms with E-state index in [-0.39, 0.29) is 5.91 Å². The number of hydrogen-bond donors (Lipinski definition) is 1. The zero-order valence-corrected chi connectivity index (χ0v) is 10.7. The standard InChI is InChI=1S/C15H20N2O/c18-15-14-5-2-1-4-12(14)8-11-17(15)10-3-9-16-13-6-7-13/h1-2,4-5,13,16H,3,6-11H2. The van der Waals surface area contributed by atoms with E-state index in [2.05, 4.69) is 11.4 Å². The van der Waals surface area contributed by atoms with Crippen molar-refractivity contribution < 1.29 is 4.79 Å². The Kier molecular flexibility index (Phi) is 3.33. The number of rotatable bonds is 5. The van der Waals surface area contributed by atoms with Crippen molar-refractivity contribution >= 4 is 5.91 Å². The summed E-state index contributed by atoms with van der Waals surface area (Å²) >= 11 is 0. The molecule has 1 fully saturated rings. The highest BCUT2D eigenvalue weighted by atomic mass is 16.2. The number of benzene rings is 1. The molecule has 0 radical (unpaired) electrons. The van der Waals surface area contributed by atoms with Gasteiger partial charge in [-0.2, -0.15) is 0 Å². The van der Waals surface area contributed by atoms with Crippen LogP contribution in [0.15, 0.2) is 24.3 Å². The van der Waals surface area contributed by atoms with Crippen LogP contribution in [0.2, 0.25) is 0 Å². The second-order valence-corrected chi connectivity index (χ2v) is 5.28. The van der Waals surface area contributed by atoms with Crippen LogP contribution in [0, 0.1) is 0 Å². The Morgan fingerprint density at radius 1 is 1.28 bits per heavy atom. The molecule has 3 heteroatoms. The molecule has 0 atom stereocenters. The predicted molar refractivity (Wildman–Crippen MR) is 71.7 cm³/mol. The van der Waals surface area contributed by atoms with Gasteiger partial charge in [-0.1, -0.05) is 18.2 Å². The fourth-order valence-electron chi connectivity index (χ4n) is 2.55. The normalized spacial score (nSPS) is 18.9. The van der Waals surface area contributed by atoms with E-state index in [1.54, 1.807) is 0 Å². The Bertz CT molecular complexity index is 440. The molecule has 0 aromatic heterocycles. The minimum absolute atomic E-state index is 0.211. The maximum Gasteiger partial charge on any atom is 0.254 e. The summed E-state index contributed by atoms with van der Waals surface area (Å²) in [6.07, 6.45) is 4.72. The number of nitrogens with one attached hydrogen (secondary N) is 1. The average molecular weight is 244 g/mol. The average Bonchev–Trinajstić information content (AvgIpc) is 3.21. The number of carbonyl (C=O) groups is 1. The lowest BCUT2D eigenvalue weighted by Gasteiger charge is -2.28. The number of nitrogens with zero attached hydrogens (tertiary/aromatic N) is 1. The number of amides is 1. The molecule has 0 bridgehead atoms. The monoisotopic (exact) mass is 244 g/mol. The Morgan fingerprint density at radius 3 is 2.94 bits per heavy atom. The van der Waals surface area contributed by atoms with E-state index in [0.29, 0.717) is 0 Å². The molecule has 1 N–H and O–H groups in total. The van der Waals surface area contributed by atoms with Crippen LogP contribution in [0.3, 0.4) is 0 Å². The molecule has 1 aromatic rings. The summed E-state index contributed by atoms with van der Waals surface area (Å²) in [5, 5.41) is 3.49. The van der Waals surface area contributed by atoms with Crippen molar-refractivity contribution in [2.24, 2.45) is 0 Å². The van der Waals surface area contributed by atoms with Gasteiger partial charge in [0.2, 0.25) is 0 Å². The maximum absolute atomic E-state index is 12.3. The first kappa shape index (κ1) is 11.7. The Labute approximate surface area is 108 Å². The molecule has 1 aromatic carbocycles. The van der Waals surface area contributed by atoms with Crippen LogP contribution in [0.1, 0.15) is 35.2 Å². The molecule has 1 saturated carbocycles. The van der Waals surface area contributed by atoms with E-state index in [4.69, 9.17) is 0 Å².